The Balaban J connectivity index is 0.00000100. The van der Waals surface area contributed by atoms with Crippen LogP contribution in [-0.4, -0.2) is 5.78 Å². The smallest absolute Gasteiger partial charge is 0.162 e. The number of hydrogen-bond acceptors (Lipinski definition) is 2. The minimum absolute atomic E-state index is 0.192. The van der Waals surface area contributed by atoms with E-state index in [0.29, 0.717) is 17.3 Å². The van der Waals surface area contributed by atoms with Gasteiger partial charge in [0.25, 0.3) is 0 Å². The van der Waals surface area contributed by atoms with Crippen LogP contribution in [0, 0.1) is 23.6 Å². The summed E-state index contributed by atoms with van der Waals surface area (Å²) < 4.78 is 13.8. The summed E-state index contributed by atoms with van der Waals surface area (Å²) in [7, 11) is 3.50. The van der Waals surface area contributed by atoms with Crippen LogP contribution in [0.5, 0.6) is 0 Å². The summed E-state index contributed by atoms with van der Waals surface area (Å²) >= 11 is 1.84. The highest BCUT2D eigenvalue weighted by atomic mass is 127. The van der Waals surface area contributed by atoms with Crippen molar-refractivity contribution in [1.29, 1.82) is 0 Å². The molecule has 1 aromatic carbocycles. The molecule has 0 amide bonds. The fourth-order valence-electron chi connectivity index (χ4n) is 4.45. The first kappa shape index (κ1) is 20.0. The van der Waals surface area contributed by atoms with Gasteiger partial charge in [-0.15, -0.1) is 9.80 Å². The molecule has 3 atom stereocenters. The highest BCUT2D eigenvalue weighted by molar-refractivity contribution is 14.2. The molecule has 2 saturated carbocycles. The Morgan fingerprint density at radius 3 is 2.71 bits per heavy atom. The van der Waals surface area contributed by atoms with E-state index < -0.39 is 0 Å². The number of carbonyl (C=O) groups excluding carboxylic acids is 1. The average molecular weight is 460 g/mol. The highest BCUT2D eigenvalue weighted by Crippen LogP contribution is 2.45. The second-order valence-electron chi connectivity index (χ2n) is 6.84. The maximum Gasteiger partial charge on any atom is 0.162 e. The van der Waals surface area contributed by atoms with Gasteiger partial charge in [-0.05, 0) is 70.0 Å². The number of thiol groups is 1. The molecule has 1 aromatic rings. The van der Waals surface area contributed by atoms with Crippen LogP contribution in [0.25, 0.3) is 6.08 Å². The van der Waals surface area contributed by atoms with E-state index in [2.05, 4.69) is 16.7 Å². The van der Waals surface area contributed by atoms with Gasteiger partial charge in [0.15, 0.2) is 5.78 Å². The molecule has 0 saturated heterocycles. The van der Waals surface area contributed by atoms with E-state index >= 15 is 0 Å². The van der Waals surface area contributed by atoms with E-state index in [1.807, 2.05) is 27.3 Å². The van der Waals surface area contributed by atoms with Crippen molar-refractivity contribution in [2.45, 2.75) is 51.9 Å². The zero-order chi connectivity index (χ0) is 17.5. The molecule has 0 heterocycles. The van der Waals surface area contributed by atoms with Crippen molar-refractivity contribution in [2.24, 2.45) is 17.8 Å². The largest absolute Gasteiger partial charge is 0.294 e. The van der Waals surface area contributed by atoms with Crippen molar-refractivity contribution < 1.29 is 9.18 Å². The summed E-state index contributed by atoms with van der Waals surface area (Å²) in [5, 5.41) is 0. The molecule has 2 fully saturated rings. The van der Waals surface area contributed by atoms with E-state index in [1.54, 1.807) is 18.2 Å². The molecule has 0 spiro atoms. The van der Waals surface area contributed by atoms with Crippen LogP contribution in [-0.2, 0) is 4.79 Å². The van der Waals surface area contributed by atoms with Gasteiger partial charge >= 0.3 is 0 Å². The SMILES string of the molecule is CCCC1CCCC2C(=O)/C(=C/c3ccccc3F)CCC12.SI. The molecular weight excluding hydrogens is 434 g/mol. The monoisotopic (exact) mass is 460 g/mol. The van der Waals surface area contributed by atoms with Crippen LogP contribution < -0.4 is 0 Å². The van der Waals surface area contributed by atoms with Gasteiger partial charge in [0.1, 0.15) is 5.82 Å². The molecule has 1 nitrogen and oxygen atoms in total. The molecule has 3 rings (SSSR count). The van der Waals surface area contributed by atoms with E-state index in [0.717, 1.165) is 30.8 Å². The number of rotatable bonds is 3. The normalized spacial score (nSPS) is 28.1. The van der Waals surface area contributed by atoms with Gasteiger partial charge < -0.3 is 0 Å². The molecule has 0 aromatic heterocycles. The van der Waals surface area contributed by atoms with Crippen molar-refractivity contribution in [3.8, 4) is 0 Å². The molecule has 0 N–H and O–H groups in total. The minimum Gasteiger partial charge on any atom is -0.294 e. The number of benzene rings is 1. The standard InChI is InChI=1S/C20H25FO.HIS/c1-2-6-14-8-5-9-18-17(14)12-11-16(20(18)22)13-15-7-3-4-10-19(15)21;1-2/h3-4,7,10,13-14,17-18H,2,5-6,8-9,11-12H2,1H3;2H/b16-13+;. The topological polar surface area (TPSA) is 17.1 Å². The van der Waals surface area contributed by atoms with E-state index in [1.165, 1.54) is 31.7 Å². The summed E-state index contributed by atoms with van der Waals surface area (Å²) in [5.74, 6) is 1.54. The Bertz CT molecular complexity index is 585. The van der Waals surface area contributed by atoms with Crippen LogP contribution in [0.2, 0.25) is 0 Å². The molecule has 0 aliphatic heterocycles. The molecule has 132 valence electrons. The van der Waals surface area contributed by atoms with Gasteiger partial charge in [-0.2, -0.15) is 0 Å². The van der Waals surface area contributed by atoms with E-state index in [-0.39, 0.29) is 11.7 Å². The quantitative estimate of drug-likeness (QED) is 0.303. The summed E-state index contributed by atoms with van der Waals surface area (Å²) in [5.41, 5.74) is 1.38. The third kappa shape index (κ3) is 4.63. The van der Waals surface area contributed by atoms with Crippen molar-refractivity contribution in [2.75, 3.05) is 0 Å². The number of hydrogen-bond donors (Lipinski definition) is 1. The average Bonchev–Trinajstić information content (AvgIpc) is 2.62. The predicted octanol–water partition coefficient (Wildman–Crippen LogP) is 6.67. The Kier molecular flexibility index (Phi) is 8.28. The second-order valence-corrected chi connectivity index (χ2v) is 6.84. The number of allylic oxidation sites excluding steroid dienone is 1. The van der Waals surface area contributed by atoms with Gasteiger partial charge in [0.2, 0.25) is 0 Å². The van der Waals surface area contributed by atoms with Crippen molar-refractivity contribution in [1.82, 2.24) is 0 Å². The van der Waals surface area contributed by atoms with Gasteiger partial charge in [-0.3, -0.25) is 4.79 Å². The van der Waals surface area contributed by atoms with Crippen molar-refractivity contribution in [3.05, 3.63) is 41.2 Å². The number of fused-ring (bicyclic) bond motifs is 1. The maximum absolute atomic E-state index is 13.8. The molecular formula is C20H26FIOS. The Morgan fingerprint density at radius 2 is 2.00 bits per heavy atom. The summed E-state index contributed by atoms with van der Waals surface area (Å²) in [6.07, 6.45) is 9.64. The van der Waals surface area contributed by atoms with Gasteiger partial charge in [-0.25, -0.2) is 4.39 Å². The van der Waals surface area contributed by atoms with E-state index in [9.17, 15) is 9.18 Å². The van der Waals surface area contributed by atoms with E-state index in [4.69, 9.17) is 0 Å². The molecule has 0 radical (unpaired) electrons. The highest BCUT2D eigenvalue weighted by Gasteiger charge is 2.40. The van der Waals surface area contributed by atoms with Crippen LogP contribution in [0.3, 0.4) is 0 Å². The fourth-order valence-corrected chi connectivity index (χ4v) is 4.45. The minimum atomic E-state index is -0.238. The van der Waals surface area contributed by atoms with Crippen molar-refractivity contribution >= 4 is 42.9 Å². The lowest BCUT2D eigenvalue weighted by Crippen LogP contribution is -2.37. The third-order valence-corrected chi connectivity index (χ3v) is 5.51. The first-order valence-electron chi connectivity index (χ1n) is 8.87. The first-order valence-corrected chi connectivity index (χ1v) is 12.1. The summed E-state index contributed by atoms with van der Waals surface area (Å²) in [4.78, 5) is 12.8. The Labute approximate surface area is 162 Å². The fraction of sp³-hybridized carbons (Fsp3) is 0.550. The van der Waals surface area contributed by atoms with Crippen molar-refractivity contribution in [3.63, 3.8) is 0 Å². The maximum atomic E-state index is 13.8. The van der Waals surface area contributed by atoms with Crippen LogP contribution in [0.4, 0.5) is 4.39 Å². The van der Waals surface area contributed by atoms with Crippen LogP contribution in [0.15, 0.2) is 29.8 Å². The Morgan fingerprint density at radius 1 is 1.25 bits per heavy atom. The van der Waals surface area contributed by atoms with Crippen LogP contribution >= 0.6 is 31.0 Å². The number of halogens is 2. The molecule has 2 aliphatic rings. The predicted molar refractivity (Wildman–Crippen MR) is 111 cm³/mol. The number of ketones is 1. The number of Topliss-reactive ketones (excluding diaryl/α,β-unsaturated/α-hetero) is 1. The zero-order valence-corrected chi connectivity index (χ0v) is 17.2. The summed E-state index contributed by atoms with van der Waals surface area (Å²) in [6.45, 7) is 2.23. The van der Waals surface area contributed by atoms with Crippen LogP contribution in [0.1, 0.15) is 57.4 Å². The molecule has 4 heteroatoms. The van der Waals surface area contributed by atoms with Gasteiger partial charge in [0, 0.05) is 11.5 Å². The van der Waals surface area contributed by atoms with Gasteiger partial charge in [0.05, 0.1) is 0 Å². The number of carbonyl (C=O) groups is 1. The lowest BCUT2D eigenvalue weighted by Gasteiger charge is -2.41. The molecule has 0 bridgehead atoms. The Hall–Kier alpha value is -0.360. The molecule has 3 unspecified atom stereocenters. The second kappa shape index (κ2) is 9.95. The zero-order valence-electron chi connectivity index (χ0n) is 14.2. The first-order chi connectivity index (χ1) is 11.7. The molecule has 24 heavy (non-hydrogen) atoms. The molecule has 2 aliphatic carbocycles. The summed E-state index contributed by atoms with van der Waals surface area (Å²) in [6, 6.07) is 6.72. The lowest BCUT2D eigenvalue weighted by molar-refractivity contribution is -0.124. The van der Waals surface area contributed by atoms with Gasteiger partial charge in [-0.1, -0.05) is 50.8 Å². The lowest BCUT2D eigenvalue weighted by atomic mass is 9.63. The third-order valence-electron chi connectivity index (χ3n) is 5.51.